The molecule has 3 heterocycles. The Morgan fingerprint density at radius 2 is 1.94 bits per heavy atom. The molecule has 0 unspecified atom stereocenters. The van der Waals surface area contributed by atoms with Gasteiger partial charge in [-0.25, -0.2) is 15.0 Å². The molecule has 32 heavy (non-hydrogen) atoms. The molecule has 164 valence electrons. The number of alkyl halides is 3. The van der Waals surface area contributed by atoms with Crippen LogP contribution in [0.4, 0.5) is 24.8 Å². The number of H-pyrrole nitrogens is 1. The molecule has 4 aromatic rings. The summed E-state index contributed by atoms with van der Waals surface area (Å²) in [6, 6.07) is 6.00. The first-order valence-corrected chi connectivity index (χ1v) is 10.4. The van der Waals surface area contributed by atoms with Gasteiger partial charge in [0.25, 0.3) is 0 Å². The minimum Gasteiger partial charge on any atom is -0.383 e. The van der Waals surface area contributed by atoms with Crippen molar-refractivity contribution < 1.29 is 18.3 Å². The van der Waals surface area contributed by atoms with Crippen LogP contribution >= 0.6 is 11.3 Å². The number of aliphatic hydroxyl groups is 1. The fourth-order valence-electron chi connectivity index (χ4n) is 3.31. The van der Waals surface area contributed by atoms with Crippen LogP contribution in [0.25, 0.3) is 21.8 Å². The molecule has 3 N–H and O–H groups in total. The number of halogens is 3. The molecular formula is C19H15F3N8OS. The molecule has 1 fully saturated rings. The Bertz CT molecular complexity index is 1250. The molecule has 13 heteroatoms. The third kappa shape index (κ3) is 3.91. The van der Waals surface area contributed by atoms with Crippen LogP contribution in [-0.2, 0) is 11.8 Å². The number of aromatic amines is 1. The van der Waals surface area contributed by atoms with Crippen LogP contribution in [0.3, 0.4) is 0 Å². The summed E-state index contributed by atoms with van der Waals surface area (Å²) in [6.07, 6.45) is 0.403. The van der Waals surface area contributed by atoms with Gasteiger partial charge in [-0.2, -0.15) is 18.4 Å². The summed E-state index contributed by atoms with van der Waals surface area (Å²) < 4.78 is 39.0. The maximum atomic E-state index is 13.0. The second-order valence-electron chi connectivity index (χ2n) is 7.34. The number of hydrogen-bond acceptors (Lipinski definition) is 9. The molecular weight excluding hydrogens is 445 g/mol. The van der Waals surface area contributed by atoms with Crippen molar-refractivity contribution in [1.29, 1.82) is 0 Å². The van der Waals surface area contributed by atoms with Gasteiger partial charge in [0.2, 0.25) is 11.8 Å². The van der Waals surface area contributed by atoms with Gasteiger partial charge in [0.1, 0.15) is 16.3 Å². The van der Waals surface area contributed by atoms with Crippen LogP contribution in [0, 0.1) is 0 Å². The maximum absolute atomic E-state index is 13.0. The monoisotopic (exact) mass is 460 g/mol. The first-order chi connectivity index (χ1) is 15.3. The van der Waals surface area contributed by atoms with Gasteiger partial charge in [0, 0.05) is 23.6 Å². The van der Waals surface area contributed by atoms with E-state index in [2.05, 4.69) is 40.9 Å². The van der Waals surface area contributed by atoms with Crippen LogP contribution < -0.4 is 5.32 Å². The molecule has 0 atom stereocenters. The number of hydrogen-bond donors (Lipinski definition) is 3. The van der Waals surface area contributed by atoms with E-state index in [1.165, 1.54) is 11.3 Å². The van der Waals surface area contributed by atoms with Gasteiger partial charge < -0.3 is 10.4 Å². The molecule has 9 nitrogen and oxygen atoms in total. The molecule has 0 aliphatic heterocycles. The molecule has 0 radical (unpaired) electrons. The Morgan fingerprint density at radius 1 is 1.12 bits per heavy atom. The van der Waals surface area contributed by atoms with E-state index in [1.807, 2.05) is 6.07 Å². The molecule has 3 aromatic heterocycles. The van der Waals surface area contributed by atoms with Gasteiger partial charge in [0.15, 0.2) is 0 Å². The van der Waals surface area contributed by atoms with Crippen molar-refractivity contribution in [3.63, 3.8) is 0 Å². The fraction of sp³-hybridized carbons (Fsp3) is 0.263. The van der Waals surface area contributed by atoms with E-state index in [0.29, 0.717) is 40.5 Å². The summed E-state index contributed by atoms with van der Waals surface area (Å²) in [5.41, 5.74) is -0.220. The minimum atomic E-state index is -4.59. The summed E-state index contributed by atoms with van der Waals surface area (Å²) in [5.74, 6) is 0.104. The molecule has 1 aliphatic carbocycles. The molecule has 1 saturated carbocycles. The van der Waals surface area contributed by atoms with Gasteiger partial charge in [-0.1, -0.05) is 0 Å². The van der Waals surface area contributed by atoms with Crippen molar-refractivity contribution in [2.45, 2.75) is 31.0 Å². The number of rotatable bonds is 5. The normalized spacial score (nSPS) is 15.4. The van der Waals surface area contributed by atoms with Gasteiger partial charge >= 0.3 is 6.18 Å². The Hall–Kier alpha value is -3.45. The van der Waals surface area contributed by atoms with Crippen molar-refractivity contribution in [2.75, 3.05) is 5.32 Å². The van der Waals surface area contributed by atoms with Crippen molar-refractivity contribution in [1.82, 2.24) is 35.6 Å². The van der Waals surface area contributed by atoms with Crippen LogP contribution in [-0.4, -0.2) is 40.7 Å². The maximum Gasteiger partial charge on any atom is 0.433 e. The molecule has 5 rings (SSSR count). The van der Waals surface area contributed by atoms with E-state index in [-0.39, 0.29) is 5.95 Å². The number of tetrazole rings is 1. The van der Waals surface area contributed by atoms with E-state index in [9.17, 15) is 18.3 Å². The predicted octanol–water partition coefficient (Wildman–Crippen LogP) is 3.91. The summed E-state index contributed by atoms with van der Waals surface area (Å²) in [7, 11) is 0. The average molecular weight is 460 g/mol. The number of nitrogens with zero attached hydrogens (tertiary/aromatic N) is 6. The highest BCUT2D eigenvalue weighted by atomic mass is 32.1. The number of anilines is 2. The second kappa shape index (κ2) is 7.60. The lowest BCUT2D eigenvalue weighted by atomic mass is 9.81. The van der Waals surface area contributed by atoms with Crippen LogP contribution in [0.5, 0.6) is 0 Å². The Labute approximate surface area is 182 Å². The van der Waals surface area contributed by atoms with Crippen LogP contribution in [0.15, 0.2) is 36.7 Å². The van der Waals surface area contributed by atoms with Gasteiger partial charge in [0.05, 0.1) is 4.88 Å². The number of aromatic nitrogens is 7. The van der Waals surface area contributed by atoms with E-state index in [0.717, 1.165) is 23.6 Å². The fourth-order valence-corrected chi connectivity index (χ4v) is 4.36. The Kier molecular flexibility index (Phi) is 4.86. The van der Waals surface area contributed by atoms with Crippen molar-refractivity contribution in [3.8, 4) is 21.8 Å². The highest BCUT2D eigenvalue weighted by Crippen LogP contribution is 2.44. The van der Waals surface area contributed by atoms with Crippen molar-refractivity contribution in [3.05, 3.63) is 47.4 Å². The summed E-state index contributed by atoms with van der Waals surface area (Å²) in [6.45, 7) is 0. The SMILES string of the molecule is OC1(c2ncc(-c3cc(Nc4nccc(C(F)(F)F)n4)cc(-c4nn[nH]n4)c3)s2)CCC1. The van der Waals surface area contributed by atoms with E-state index in [4.69, 9.17) is 0 Å². The Balaban J connectivity index is 1.53. The lowest BCUT2D eigenvalue weighted by molar-refractivity contribution is -0.141. The van der Waals surface area contributed by atoms with E-state index < -0.39 is 17.5 Å². The predicted molar refractivity (Wildman–Crippen MR) is 109 cm³/mol. The highest BCUT2D eigenvalue weighted by Gasteiger charge is 2.39. The summed E-state index contributed by atoms with van der Waals surface area (Å²) in [4.78, 5) is 12.6. The number of nitrogens with one attached hydrogen (secondary N) is 2. The third-order valence-corrected chi connectivity index (χ3v) is 6.35. The third-order valence-electron chi connectivity index (χ3n) is 5.11. The Morgan fingerprint density at radius 3 is 2.62 bits per heavy atom. The zero-order valence-electron chi connectivity index (χ0n) is 16.3. The lowest BCUT2D eigenvalue weighted by Gasteiger charge is -2.34. The standard InChI is InChI=1S/C19H15F3N8OS/c20-19(21,22)14-2-5-23-17(26-14)25-12-7-10(6-11(8-12)15-27-29-30-28-15)13-9-24-16(32-13)18(31)3-1-4-18/h2,5-9,31H,1,3-4H2,(H,23,25,26)(H,27,28,29,30). The van der Waals surface area contributed by atoms with Gasteiger partial charge in [-0.3, -0.25) is 0 Å². The minimum absolute atomic E-state index is 0.204. The van der Waals surface area contributed by atoms with E-state index in [1.54, 1.807) is 18.3 Å². The first-order valence-electron chi connectivity index (χ1n) is 9.55. The molecule has 0 amide bonds. The molecule has 1 aromatic carbocycles. The molecule has 0 saturated heterocycles. The van der Waals surface area contributed by atoms with Crippen LogP contribution in [0.1, 0.15) is 30.0 Å². The van der Waals surface area contributed by atoms with Gasteiger partial charge in [-0.15, -0.1) is 21.5 Å². The summed E-state index contributed by atoms with van der Waals surface area (Å²) >= 11 is 1.36. The quantitative estimate of drug-likeness (QED) is 0.409. The molecule has 0 bridgehead atoms. The zero-order chi connectivity index (χ0) is 22.3. The largest absolute Gasteiger partial charge is 0.433 e. The van der Waals surface area contributed by atoms with Crippen molar-refractivity contribution in [2.24, 2.45) is 0 Å². The number of benzene rings is 1. The van der Waals surface area contributed by atoms with Crippen molar-refractivity contribution >= 4 is 23.0 Å². The first kappa shape index (κ1) is 20.5. The second-order valence-corrected chi connectivity index (χ2v) is 8.37. The average Bonchev–Trinajstić information content (AvgIpc) is 3.44. The van der Waals surface area contributed by atoms with Crippen LogP contribution in [0.2, 0.25) is 0 Å². The smallest absolute Gasteiger partial charge is 0.383 e. The lowest BCUT2D eigenvalue weighted by Crippen LogP contribution is -2.33. The number of thiazole rings is 1. The summed E-state index contributed by atoms with van der Waals surface area (Å²) in [5, 5.41) is 27.9. The van der Waals surface area contributed by atoms with Gasteiger partial charge in [-0.05, 0) is 54.3 Å². The topological polar surface area (TPSA) is 125 Å². The zero-order valence-corrected chi connectivity index (χ0v) is 17.1. The van der Waals surface area contributed by atoms with E-state index >= 15 is 0 Å². The highest BCUT2D eigenvalue weighted by molar-refractivity contribution is 7.15. The molecule has 1 aliphatic rings. The molecule has 0 spiro atoms.